The normalized spacial score (nSPS) is 10.4. The van der Waals surface area contributed by atoms with E-state index in [0.717, 1.165) is 15.5 Å². The quantitative estimate of drug-likeness (QED) is 0.744. The maximum Gasteiger partial charge on any atom is 0.142 e. The van der Waals surface area contributed by atoms with E-state index in [1.54, 1.807) is 6.20 Å². The van der Waals surface area contributed by atoms with E-state index >= 15 is 0 Å². The fraction of sp³-hybridized carbons (Fsp3) is 0. The van der Waals surface area contributed by atoms with Crippen molar-refractivity contribution in [3.8, 4) is 0 Å². The molecular weight excluding hydrogens is 218 g/mol. The fourth-order valence-corrected chi connectivity index (χ4v) is 1.48. The molecule has 12 heavy (non-hydrogen) atoms. The van der Waals surface area contributed by atoms with Gasteiger partial charge in [-0.25, -0.2) is 9.97 Å². The van der Waals surface area contributed by atoms with Crippen LogP contribution in [0.3, 0.4) is 0 Å². The molecule has 3 nitrogen and oxygen atoms in total. The molecule has 2 N–H and O–H groups in total. The number of nitrogens with zero attached hydrogens (tertiary/aromatic N) is 2. The van der Waals surface area contributed by atoms with Gasteiger partial charge in [0.15, 0.2) is 0 Å². The molecule has 0 amide bonds. The molecule has 0 atom stereocenters. The summed E-state index contributed by atoms with van der Waals surface area (Å²) >= 11 is 3.38. The van der Waals surface area contributed by atoms with E-state index in [0.29, 0.717) is 5.82 Å². The topological polar surface area (TPSA) is 51.8 Å². The summed E-state index contributed by atoms with van der Waals surface area (Å²) in [6, 6.07) is 5.71. The average Bonchev–Trinajstić information content (AvgIpc) is 2.04. The van der Waals surface area contributed by atoms with Crippen molar-refractivity contribution in [3.63, 3.8) is 0 Å². The lowest BCUT2D eigenvalue weighted by atomic mass is 10.3. The number of hydrogen-bond donors (Lipinski definition) is 1. The predicted octanol–water partition coefficient (Wildman–Crippen LogP) is 1.97. The molecule has 0 fully saturated rings. The summed E-state index contributed by atoms with van der Waals surface area (Å²) < 4.78 is 0.938. The molecule has 2 rings (SSSR count). The Balaban J connectivity index is 2.86. The number of para-hydroxylation sites is 1. The van der Waals surface area contributed by atoms with Crippen LogP contribution in [0, 0.1) is 0 Å². The molecule has 0 saturated carbocycles. The highest BCUT2D eigenvalue weighted by Crippen LogP contribution is 2.20. The first-order chi connectivity index (χ1) is 5.77. The number of hydrogen-bond acceptors (Lipinski definition) is 3. The second-order valence-corrected chi connectivity index (χ2v) is 3.26. The lowest BCUT2D eigenvalue weighted by molar-refractivity contribution is 1.30. The maximum absolute atomic E-state index is 5.49. The van der Waals surface area contributed by atoms with Crippen LogP contribution in [0.25, 0.3) is 11.0 Å². The van der Waals surface area contributed by atoms with Crippen LogP contribution >= 0.6 is 15.9 Å². The highest BCUT2D eigenvalue weighted by atomic mass is 79.9. The molecule has 0 radical (unpaired) electrons. The summed E-state index contributed by atoms with van der Waals surface area (Å²) in [6.45, 7) is 0. The largest absolute Gasteiger partial charge is 0.382 e. The Morgan fingerprint density at radius 2 is 2.17 bits per heavy atom. The minimum atomic E-state index is 0.445. The second kappa shape index (κ2) is 2.71. The molecular formula is C8H6BrN3. The third kappa shape index (κ3) is 1.14. The van der Waals surface area contributed by atoms with E-state index in [2.05, 4.69) is 25.9 Å². The fourth-order valence-electron chi connectivity index (χ4n) is 1.02. The van der Waals surface area contributed by atoms with Crippen molar-refractivity contribution in [2.45, 2.75) is 0 Å². The molecule has 2 aromatic rings. The zero-order valence-electron chi connectivity index (χ0n) is 6.16. The van der Waals surface area contributed by atoms with Crippen LogP contribution in [0.5, 0.6) is 0 Å². The van der Waals surface area contributed by atoms with Gasteiger partial charge in [0, 0.05) is 4.47 Å². The molecule has 0 aliphatic heterocycles. The number of fused-ring (bicyclic) bond motifs is 1. The molecule has 0 bridgehead atoms. The zero-order chi connectivity index (χ0) is 8.55. The van der Waals surface area contributed by atoms with Crippen molar-refractivity contribution < 1.29 is 0 Å². The van der Waals surface area contributed by atoms with Crippen molar-refractivity contribution in [2.24, 2.45) is 0 Å². The van der Waals surface area contributed by atoms with E-state index < -0.39 is 0 Å². The molecule has 0 unspecified atom stereocenters. The van der Waals surface area contributed by atoms with Gasteiger partial charge >= 0.3 is 0 Å². The van der Waals surface area contributed by atoms with Crippen molar-refractivity contribution in [3.05, 3.63) is 28.9 Å². The Morgan fingerprint density at radius 1 is 1.33 bits per heavy atom. The summed E-state index contributed by atoms with van der Waals surface area (Å²) in [5, 5.41) is 0. The van der Waals surface area contributed by atoms with Crippen LogP contribution in [0.1, 0.15) is 0 Å². The summed E-state index contributed by atoms with van der Waals surface area (Å²) in [5.74, 6) is 0.445. The van der Waals surface area contributed by atoms with Gasteiger partial charge in [-0.3, -0.25) is 0 Å². The lowest BCUT2D eigenvalue weighted by Crippen LogP contribution is -1.92. The summed E-state index contributed by atoms with van der Waals surface area (Å²) in [4.78, 5) is 8.27. The minimum absolute atomic E-state index is 0.445. The first-order valence-corrected chi connectivity index (χ1v) is 4.23. The molecule has 0 saturated heterocycles. The van der Waals surface area contributed by atoms with Crippen LogP contribution in [0.4, 0.5) is 5.82 Å². The molecule has 0 spiro atoms. The molecule has 1 heterocycles. The standard InChI is InChI=1S/C8H6BrN3/c9-5-2-1-3-6-8(5)11-4-7(10)12-6/h1-4H,(H2,10,12). The Hall–Kier alpha value is -1.16. The van der Waals surface area contributed by atoms with Gasteiger partial charge in [0.1, 0.15) is 11.3 Å². The van der Waals surface area contributed by atoms with Crippen molar-refractivity contribution >= 4 is 32.8 Å². The third-order valence-corrected chi connectivity index (χ3v) is 2.18. The minimum Gasteiger partial charge on any atom is -0.382 e. The number of anilines is 1. The highest BCUT2D eigenvalue weighted by Gasteiger charge is 1.99. The van der Waals surface area contributed by atoms with Crippen LogP contribution < -0.4 is 5.73 Å². The molecule has 60 valence electrons. The number of rotatable bonds is 0. The van der Waals surface area contributed by atoms with Crippen LogP contribution in [-0.2, 0) is 0 Å². The monoisotopic (exact) mass is 223 g/mol. The average molecular weight is 224 g/mol. The molecule has 1 aromatic heterocycles. The molecule has 4 heteroatoms. The van der Waals surface area contributed by atoms with E-state index in [-0.39, 0.29) is 0 Å². The Labute approximate surface area is 77.8 Å². The second-order valence-electron chi connectivity index (χ2n) is 2.40. The van der Waals surface area contributed by atoms with Gasteiger partial charge in [0.25, 0.3) is 0 Å². The smallest absolute Gasteiger partial charge is 0.142 e. The molecule has 0 aliphatic carbocycles. The zero-order valence-corrected chi connectivity index (χ0v) is 7.75. The van der Waals surface area contributed by atoms with Gasteiger partial charge < -0.3 is 5.73 Å². The first-order valence-electron chi connectivity index (χ1n) is 3.44. The van der Waals surface area contributed by atoms with Crippen molar-refractivity contribution in [2.75, 3.05) is 5.73 Å². The van der Waals surface area contributed by atoms with Gasteiger partial charge in [-0.1, -0.05) is 6.07 Å². The number of nitrogens with two attached hydrogens (primary N) is 1. The Bertz CT molecular complexity index is 428. The number of benzene rings is 1. The summed E-state index contributed by atoms with van der Waals surface area (Å²) in [6.07, 6.45) is 1.55. The van der Waals surface area contributed by atoms with E-state index in [4.69, 9.17) is 5.73 Å². The maximum atomic E-state index is 5.49. The SMILES string of the molecule is Nc1cnc2c(Br)cccc2n1. The van der Waals surface area contributed by atoms with E-state index in [1.807, 2.05) is 18.2 Å². The van der Waals surface area contributed by atoms with Crippen LogP contribution in [0.2, 0.25) is 0 Å². The Morgan fingerprint density at radius 3 is 3.00 bits per heavy atom. The number of nitrogen functional groups attached to an aromatic ring is 1. The predicted molar refractivity (Wildman–Crippen MR) is 51.7 cm³/mol. The molecule has 0 aliphatic rings. The highest BCUT2D eigenvalue weighted by molar-refractivity contribution is 9.10. The van der Waals surface area contributed by atoms with Crippen LogP contribution in [0.15, 0.2) is 28.9 Å². The van der Waals surface area contributed by atoms with Gasteiger partial charge in [-0.05, 0) is 28.1 Å². The lowest BCUT2D eigenvalue weighted by Gasteiger charge is -1.98. The molecule has 1 aromatic carbocycles. The van der Waals surface area contributed by atoms with Gasteiger partial charge in [0.2, 0.25) is 0 Å². The van der Waals surface area contributed by atoms with E-state index in [1.165, 1.54) is 0 Å². The van der Waals surface area contributed by atoms with Crippen LogP contribution in [-0.4, -0.2) is 9.97 Å². The van der Waals surface area contributed by atoms with Gasteiger partial charge in [-0.2, -0.15) is 0 Å². The van der Waals surface area contributed by atoms with Gasteiger partial charge in [-0.15, -0.1) is 0 Å². The number of halogens is 1. The summed E-state index contributed by atoms with van der Waals surface area (Å²) in [5.41, 5.74) is 7.13. The Kier molecular flexibility index (Phi) is 1.69. The third-order valence-electron chi connectivity index (χ3n) is 1.54. The van der Waals surface area contributed by atoms with Crippen molar-refractivity contribution in [1.29, 1.82) is 0 Å². The summed E-state index contributed by atoms with van der Waals surface area (Å²) in [7, 11) is 0. The van der Waals surface area contributed by atoms with Crippen molar-refractivity contribution in [1.82, 2.24) is 9.97 Å². The first kappa shape index (κ1) is 7.49. The van der Waals surface area contributed by atoms with Gasteiger partial charge in [0.05, 0.1) is 11.7 Å². The van der Waals surface area contributed by atoms with E-state index in [9.17, 15) is 0 Å². The number of aromatic nitrogens is 2.